The highest BCUT2D eigenvalue weighted by molar-refractivity contribution is 9.13. The molecule has 0 amide bonds. The topological polar surface area (TPSA) is 56.3 Å². The number of furan rings is 1. The Balaban J connectivity index is 2.28. The van der Waals surface area contributed by atoms with Crippen molar-refractivity contribution in [2.24, 2.45) is 0 Å². The van der Waals surface area contributed by atoms with Crippen LogP contribution in [0.3, 0.4) is 0 Å². The summed E-state index contributed by atoms with van der Waals surface area (Å²) in [5.41, 5.74) is 0.968. The number of halogens is 2. The summed E-state index contributed by atoms with van der Waals surface area (Å²) in [4.78, 5) is 10.7. The highest BCUT2D eigenvalue weighted by atomic mass is 79.9. The molecule has 0 saturated heterocycles. The lowest BCUT2D eigenvalue weighted by atomic mass is 10.1. The highest BCUT2D eigenvalue weighted by Gasteiger charge is 2.14. The van der Waals surface area contributed by atoms with Crippen molar-refractivity contribution in [3.05, 3.63) is 72.7 Å². The summed E-state index contributed by atoms with van der Waals surface area (Å²) >= 11 is 6.47. The van der Waals surface area contributed by atoms with Gasteiger partial charge in [0.2, 0.25) is 0 Å². The number of nitro groups is 1. The molecular weight excluding hydrogens is 378 g/mol. The number of nitrogens with zero attached hydrogens (tertiary/aromatic N) is 1. The monoisotopic (exact) mass is 385 g/mol. The fourth-order valence-electron chi connectivity index (χ4n) is 1.57. The molecule has 0 N–H and O–H groups in total. The minimum atomic E-state index is -0.392. The molecule has 0 atom stereocenters. The van der Waals surface area contributed by atoms with E-state index in [2.05, 4.69) is 31.9 Å². The minimum Gasteiger partial charge on any atom is -0.449 e. The van der Waals surface area contributed by atoms with Gasteiger partial charge < -0.3 is 4.42 Å². The molecule has 0 bridgehead atoms. The van der Waals surface area contributed by atoms with Gasteiger partial charge in [-0.1, -0.05) is 30.3 Å². The molecule has 2 rings (SSSR count). The molecule has 0 unspecified atom stereocenters. The summed E-state index contributed by atoms with van der Waals surface area (Å²) in [6.45, 7) is 0. The maximum Gasteiger partial charge on any atom is 0.254 e. The Hall–Kier alpha value is -1.40. The van der Waals surface area contributed by atoms with E-state index in [4.69, 9.17) is 4.42 Å². The molecule has 4 nitrogen and oxygen atoms in total. The fourth-order valence-corrected chi connectivity index (χ4v) is 2.18. The lowest BCUT2D eigenvalue weighted by molar-refractivity contribution is -0.425. The Labute approximate surface area is 126 Å². The summed E-state index contributed by atoms with van der Waals surface area (Å²) in [6, 6.07) is 11.0. The van der Waals surface area contributed by atoms with Crippen LogP contribution in [0, 0.1) is 10.1 Å². The van der Waals surface area contributed by atoms with Crippen LogP contribution in [-0.2, 0) is 6.42 Å². The third kappa shape index (κ3) is 3.78. The third-order valence-corrected chi connectivity index (χ3v) is 4.15. The van der Waals surface area contributed by atoms with Crippen molar-refractivity contribution in [2.75, 3.05) is 0 Å². The zero-order chi connectivity index (χ0) is 13.8. The summed E-state index contributed by atoms with van der Waals surface area (Å²) in [7, 11) is 0. The molecule has 2 aromatic rings. The Morgan fingerprint density at radius 3 is 2.53 bits per heavy atom. The second-order valence-corrected chi connectivity index (χ2v) is 5.40. The molecule has 0 aliphatic rings. The predicted octanol–water partition coefficient (Wildman–Crippen LogP) is 4.66. The maximum absolute atomic E-state index is 11.1. The van der Waals surface area contributed by atoms with Gasteiger partial charge in [-0.15, -0.1) is 0 Å². The summed E-state index contributed by atoms with van der Waals surface area (Å²) < 4.78 is 6.56. The molecule has 1 aromatic carbocycles. The average molecular weight is 387 g/mol. The second kappa shape index (κ2) is 6.16. The zero-order valence-electron chi connectivity index (χ0n) is 9.68. The molecule has 19 heavy (non-hydrogen) atoms. The van der Waals surface area contributed by atoms with E-state index < -0.39 is 4.92 Å². The third-order valence-electron chi connectivity index (χ3n) is 2.44. The predicted molar refractivity (Wildman–Crippen MR) is 79.2 cm³/mol. The lowest BCUT2D eigenvalue weighted by Gasteiger charge is -1.98. The number of hydrogen-bond acceptors (Lipinski definition) is 3. The Morgan fingerprint density at radius 2 is 2.00 bits per heavy atom. The minimum absolute atomic E-state index is 0.0833. The molecule has 0 aliphatic heterocycles. The highest BCUT2D eigenvalue weighted by Crippen LogP contribution is 2.28. The smallest absolute Gasteiger partial charge is 0.254 e. The van der Waals surface area contributed by atoms with E-state index in [9.17, 15) is 10.1 Å². The number of hydrogen-bond donors (Lipinski definition) is 0. The Bertz CT molecular complexity index is 601. The lowest BCUT2D eigenvalue weighted by Crippen LogP contribution is -2.02. The molecule has 0 saturated carbocycles. The normalized spacial score (nSPS) is 11.6. The van der Waals surface area contributed by atoms with Gasteiger partial charge in [0.15, 0.2) is 4.67 Å². The first-order valence-electron chi connectivity index (χ1n) is 5.40. The van der Waals surface area contributed by atoms with E-state index in [0.717, 1.165) is 10.0 Å². The molecule has 1 aromatic heterocycles. The fraction of sp³-hybridized carbons (Fsp3) is 0.0769. The molecule has 0 fully saturated rings. The molecule has 0 aliphatic carbocycles. The van der Waals surface area contributed by atoms with E-state index in [1.165, 1.54) is 6.08 Å². The quantitative estimate of drug-likeness (QED) is 0.566. The van der Waals surface area contributed by atoms with Gasteiger partial charge in [0.1, 0.15) is 5.76 Å². The summed E-state index contributed by atoms with van der Waals surface area (Å²) in [6.07, 6.45) is 1.69. The first-order valence-corrected chi connectivity index (χ1v) is 6.98. The van der Waals surface area contributed by atoms with Crippen molar-refractivity contribution < 1.29 is 9.34 Å². The zero-order valence-corrected chi connectivity index (χ0v) is 12.8. The molecule has 98 valence electrons. The van der Waals surface area contributed by atoms with E-state index >= 15 is 0 Å². The van der Waals surface area contributed by atoms with E-state index in [0.29, 0.717) is 10.4 Å². The van der Waals surface area contributed by atoms with Gasteiger partial charge in [-0.05, 0) is 43.5 Å². The van der Waals surface area contributed by atoms with Crippen molar-refractivity contribution >= 4 is 37.9 Å². The Kier molecular flexibility index (Phi) is 4.55. The number of benzene rings is 1. The van der Waals surface area contributed by atoms with Gasteiger partial charge in [-0.2, -0.15) is 0 Å². The van der Waals surface area contributed by atoms with Crippen molar-refractivity contribution in [1.29, 1.82) is 0 Å². The van der Waals surface area contributed by atoms with Crippen molar-refractivity contribution in [1.82, 2.24) is 0 Å². The van der Waals surface area contributed by atoms with Crippen LogP contribution >= 0.6 is 31.9 Å². The molecule has 6 heteroatoms. The second-order valence-electron chi connectivity index (χ2n) is 3.83. The molecule has 0 spiro atoms. The maximum atomic E-state index is 11.1. The Morgan fingerprint density at radius 1 is 1.32 bits per heavy atom. The van der Waals surface area contributed by atoms with Gasteiger partial charge in [-0.3, -0.25) is 10.1 Å². The first-order chi connectivity index (χ1) is 9.06. The van der Waals surface area contributed by atoms with Crippen LogP contribution in [0.5, 0.6) is 0 Å². The average Bonchev–Trinajstić information content (AvgIpc) is 2.69. The van der Waals surface area contributed by atoms with Crippen LogP contribution in [0.4, 0.5) is 0 Å². The van der Waals surface area contributed by atoms with Crippen molar-refractivity contribution in [2.45, 2.75) is 6.42 Å². The van der Waals surface area contributed by atoms with Crippen LogP contribution in [0.15, 0.2) is 55.7 Å². The van der Waals surface area contributed by atoms with E-state index in [1.54, 1.807) is 6.07 Å². The first kappa shape index (κ1) is 14.0. The molecule has 1 heterocycles. The number of rotatable bonds is 4. The van der Waals surface area contributed by atoms with Gasteiger partial charge in [0.25, 0.3) is 5.70 Å². The number of allylic oxidation sites excluding steroid dienone is 1. The van der Waals surface area contributed by atoms with Crippen LogP contribution in [0.1, 0.15) is 11.3 Å². The standard InChI is InChI=1S/C13H9Br2NO3/c14-12-8-11(19-13(12)15)7-10(16(17)18)6-9-4-2-1-3-5-9/h1-5,7-8H,6H2. The van der Waals surface area contributed by atoms with E-state index in [1.807, 2.05) is 30.3 Å². The van der Waals surface area contributed by atoms with Crippen LogP contribution in [0.2, 0.25) is 0 Å². The van der Waals surface area contributed by atoms with Crippen LogP contribution in [-0.4, -0.2) is 4.92 Å². The SMILES string of the molecule is O=[N+]([O-])C(=Cc1cc(Br)c(Br)o1)Cc1ccccc1. The van der Waals surface area contributed by atoms with Crippen LogP contribution < -0.4 is 0 Å². The molecule has 0 radical (unpaired) electrons. The van der Waals surface area contributed by atoms with Crippen molar-refractivity contribution in [3.8, 4) is 0 Å². The van der Waals surface area contributed by atoms with Gasteiger partial charge in [0, 0.05) is 0 Å². The molecular formula is C13H9Br2NO3. The van der Waals surface area contributed by atoms with Crippen molar-refractivity contribution in [3.63, 3.8) is 0 Å². The van der Waals surface area contributed by atoms with Gasteiger partial charge >= 0.3 is 0 Å². The largest absolute Gasteiger partial charge is 0.449 e. The summed E-state index contributed by atoms with van der Waals surface area (Å²) in [5, 5.41) is 11.1. The summed E-state index contributed by atoms with van der Waals surface area (Å²) in [5.74, 6) is 0.432. The van der Waals surface area contributed by atoms with E-state index in [-0.39, 0.29) is 12.1 Å². The van der Waals surface area contributed by atoms with Crippen LogP contribution in [0.25, 0.3) is 6.08 Å². The van der Waals surface area contributed by atoms with Gasteiger partial charge in [-0.25, -0.2) is 0 Å². The van der Waals surface area contributed by atoms with Gasteiger partial charge in [0.05, 0.1) is 21.9 Å².